The molecule has 3 heterocycles. The Morgan fingerprint density at radius 2 is 1.88 bits per heavy atom. The van der Waals surface area contributed by atoms with Crippen LogP contribution in [0.1, 0.15) is 38.5 Å². The number of fused-ring (bicyclic) bond motifs is 2. The lowest BCUT2D eigenvalue weighted by Gasteiger charge is -2.30. The lowest BCUT2D eigenvalue weighted by Crippen LogP contribution is -2.50. The molecule has 3 fully saturated rings. The van der Waals surface area contributed by atoms with Crippen molar-refractivity contribution in [2.75, 3.05) is 6.61 Å². The molecule has 3 atom stereocenters. The van der Waals surface area contributed by atoms with Crippen LogP contribution in [0.2, 0.25) is 0 Å². The fraction of sp³-hybridized carbons (Fsp3) is 0.917. The summed E-state index contributed by atoms with van der Waals surface area (Å²) in [5.74, 6) is 0.115. The van der Waals surface area contributed by atoms with Gasteiger partial charge in [-0.05, 0) is 38.5 Å². The molecule has 0 aromatic heterocycles. The minimum atomic E-state index is -0.174. The molecule has 3 rings (SSSR count). The van der Waals surface area contributed by atoms with Gasteiger partial charge in [0.15, 0.2) is 0 Å². The van der Waals surface area contributed by atoms with Gasteiger partial charge in [0.25, 0.3) is 0 Å². The minimum Gasteiger partial charge on any atom is -0.368 e. The Morgan fingerprint density at radius 3 is 2.47 bits per heavy atom. The van der Waals surface area contributed by atoms with Crippen molar-refractivity contribution in [2.45, 2.75) is 62.8 Å². The maximum absolute atomic E-state index is 11.9. The van der Waals surface area contributed by atoms with Crippen molar-refractivity contribution in [3.05, 3.63) is 0 Å². The zero-order chi connectivity index (χ0) is 11.0. The van der Waals surface area contributed by atoms with Crippen LogP contribution in [0, 0.1) is 0 Å². The van der Waals surface area contributed by atoms with E-state index in [4.69, 9.17) is 4.74 Å². The Balaban J connectivity index is 0.00000108. The van der Waals surface area contributed by atoms with E-state index < -0.39 is 0 Å². The molecule has 5 heteroatoms. The highest BCUT2D eigenvalue weighted by atomic mass is 35.5. The molecule has 0 aliphatic carbocycles. The Bertz CT molecular complexity index is 270. The number of hydrogen-bond acceptors (Lipinski definition) is 3. The third-order valence-electron chi connectivity index (χ3n) is 4.04. The first kappa shape index (κ1) is 13.1. The zero-order valence-corrected chi connectivity index (χ0v) is 10.8. The predicted octanol–water partition coefficient (Wildman–Crippen LogP) is 0.986. The molecule has 98 valence electrons. The normalized spacial score (nSPS) is 39.8. The molecule has 17 heavy (non-hydrogen) atoms. The lowest BCUT2D eigenvalue weighted by molar-refractivity contribution is -0.131. The third-order valence-corrected chi connectivity index (χ3v) is 4.04. The number of ether oxygens (including phenoxy) is 1. The molecule has 0 aromatic carbocycles. The van der Waals surface area contributed by atoms with Gasteiger partial charge < -0.3 is 15.4 Å². The van der Waals surface area contributed by atoms with Crippen LogP contribution >= 0.6 is 12.4 Å². The summed E-state index contributed by atoms with van der Waals surface area (Å²) in [6.07, 6.45) is 6.48. The molecule has 2 bridgehead atoms. The second kappa shape index (κ2) is 5.55. The SMILES string of the molecule is Cl.O=C(NC1CC2CCC(C1)N2)C1CCCO1. The van der Waals surface area contributed by atoms with Crippen molar-refractivity contribution in [3.8, 4) is 0 Å². The fourth-order valence-corrected chi connectivity index (χ4v) is 3.25. The van der Waals surface area contributed by atoms with Crippen LogP contribution in [0.25, 0.3) is 0 Å². The van der Waals surface area contributed by atoms with Gasteiger partial charge in [-0.3, -0.25) is 4.79 Å². The van der Waals surface area contributed by atoms with Crippen LogP contribution < -0.4 is 10.6 Å². The van der Waals surface area contributed by atoms with Crippen LogP contribution in [0.3, 0.4) is 0 Å². The first-order valence-electron chi connectivity index (χ1n) is 6.49. The van der Waals surface area contributed by atoms with E-state index in [9.17, 15) is 4.79 Å². The maximum Gasteiger partial charge on any atom is 0.249 e. The molecular weight excluding hydrogens is 240 g/mol. The van der Waals surface area contributed by atoms with E-state index in [0.717, 1.165) is 32.3 Å². The lowest BCUT2D eigenvalue weighted by atomic mass is 9.99. The molecule has 2 N–H and O–H groups in total. The average molecular weight is 261 g/mol. The Labute approximate surface area is 108 Å². The van der Waals surface area contributed by atoms with Crippen molar-refractivity contribution < 1.29 is 9.53 Å². The second-order valence-electron chi connectivity index (χ2n) is 5.32. The quantitative estimate of drug-likeness (QED) is 0.779. The summed E-state index contributed by atoms with van der Waals surface area (Å²) in [7, 11) is 0. The molecule has 3 aliphatic heterocycles. The predicted molar refractivity (Wildman–Crippen MR) is 67.3 cm³/mol. The molecule has 3 aliphatic rings. The van der Waals surface area contributed by atoms with Crippen molar-refractivity contribution in [3.63, 3.8) is 0 Å². The summed E-state index contributed by atoms with van der Waals surface area (Å²) in [6, 6.07) is 1.64. The van der Waals surface area contributed by atoms with E-state index in [0.29, 0.717) is 18.1 Å². The molecular formula is C12H21ClN2O2. The van der Waals surface area contributed by atoms with Crippen LogP contribution in [0.5, 0.6) is 0 Å². The molecule has 0 saturated carbocycles. The molecule has 1 amide bonds. The highest BCUT2D eigenvalue weighted by molar-refractivity contribution is 5.85. The van der Waals surface area contributed by atoms with Gasteiger partial charge in [-0.15, -0.1) is 12.4 Å². The molecule has 4 nitrogen and oxygen atoms in total. The van der Waals surface area contributed by atoms with Crippen molar-refractivity contribution in [2.24, 2.45) is 0 Å². The average Bonchev–Trinajstić information content (AvgIpc) is 2.88. The Kier molecular flexibility index (Phi) is 4.28. The topological polar surface area (TPSA) is 50.4 Å². The smallest absolute Gasteiger partial charge is 0.249 e. The zero-order valence-electron chi connectivity index (χ0n) is 9.98. The van der Waals surface area contributed by atoms with Crippen LogP contribution in [-0.4, -0.2) is 36.7 Å². The Morgan fingerprint density at radius 1 is 1.18 bits per heavy atom. The fourth-order valence-electron chi connectivity index (χ4n) is 3.25. The summed E-state index contributed by atoms with van der Waals surface area (Å²) < 4.78 is 5.40. The molecule has 3 saturated heterocycles. The van der Waals surface area contributed by atoms with E-state index in [1.165, 1.54) is 12.8 Å². The number of carbonyl (C=O) groups excluding carboxylic acids is 1. The molecule has 0 spiro atoms. The van der Waals surface area contributed by atoms with Crippen molar-refractivity contribution in [1.29, 1.82) is 0 Å². The number of carbonyl (C=O) groups is 1. The first-order valence-corrected chi connectivity index (χ1v) is 6.49. The maximum atomic E-state index is 11.9. The number of rotatable bonds is 2. The number of hydrogen-bond donors (Lipinski definition) is 2. The molecule has 3 unspecified atom stereocenters. The van der Waals surface area contributed by atoms with E-state index in [1.54, 1.807) is 0 Å². The van der Waals surface area contributed by atoms with E-state index in [-0.39, 0.29) is 24.4 Å². The van der Waals surface area contributed by atoms with Gasteiger partial charge in [0.1, 0.15) is 6.10 Å². The highest BCUT2D eigenvalue weighted by Crippen LogP contribution is 2.27. The minimum absolute atomic E-state index is 0. The van der Waals surface area contributed by atoms with Gasteiger partial charge >= 0.3 is 0 Å². The number of nitrogens with one attached hydrogen (secondary N) is 2. The van der Waals surface area contributed by atoms with Gasteiger partial charge in [0, 0.05) is 24.7 Å². The summed E-state index contributed by atoms with van der Waals surface area (Å²) in [5, 5.41) is 6.74. The van der Waals surface area contributed by atoms with E-state index in [1.807, 2.05) is 0 Å². The summed E-state index contributed by atoms with van der Waals surface area (Å²) in [4.78, 5) is 11.9. The third kappa shape index (κ3) is 2.92. The summed E-state index contributed by atoms with van der Waals surface area (Å²) >= 11 is 0. The molecule has 0 aromatic rings. The van der Waals surface area contributed by atoms with Gasteiger partial charge in [-0.2, -0.15) is 0 Å². The molecule has 0 radical (unpaired) electrons. The largest absolute Gasteiger partial charge is 0.368 e. The van der Waals surface area contributed by atoms with Crippen LogP contribution in [-0.2, 0) is 9.53 Å². The second-order valence-corrected chi connectivity index (χ2v) is 5.32. The summed E-state index contributed by atoms with van der Waals surface area (Å²) in [6.45, 7) is 0.746. The van der Waals surface area contributed by atoms with Crippen LogP contribution in [0.15, 0.2) is 0 Å². The highest BCUT2D eigenvalue weighted by Gasteiger charge is 2.35. The standard InChI is InChI=1S/C12H20N2O2.ClH/c15-12(11-2-1-5-16-11)14-10-6-8-3-4-9(7-10)13-8;/h8-11,13H,1-7H2,(H,14,15);1H. The van der Waals surface area contributed by atoms with Crippen molar-refractivity contribution >= 4 is 18.3 Å². The van der Waals surface area contributed by atoms with Gasteiger partial charge in [0.2, 0.25) is 5.91 Å². The van der Waals surface area contributed by atoms with Crippen LogP contribution in [0.4, 0.5) is 0 Å². The van der Waals surface area contributed by atoms with Gasteiger partial charge in [-0.25, -0.2) is 0 Å². The van der Waals surface area contributed by atoms with E-state index in [2.05, 4.69) is 10.6 Å². The number of halogens is 1. The monoisotopic (exact) mass is 260 g/mol. The summed E-state index contributed by atoms with van der Waals surface area (Å²) in [5.41, 5.74) is 0. The number of piperidine rings is 1. The van der Waals surface area contributed by atoms with Gasteiger partial charge in [-0.1, -0.05) is 0 Å². The van der Waals surface area contributed by atoms with Crippen molar-refractivity contribution in [1.82, 2.24) is 10.6 Å². The number of amides is 1. The first-order chi connectivity index (χ1) is 7.81. The van der Waals surface area contributed by atoms with E-state index >= 15 is 0 Å². The van der Waals surface area contributed by atoms with Gasteiger partial charge in [0.05, 0.1) is 0 Å². The Hall–Kier alpha value is -0.320.